The third kappa shape index (κ3) is 3.57. The summed E-state index contributed by atoms with van der Waals surface area (Å²) in [5, 5.41) is 11.0. The van der Waals surface area contributed by atoms with Gasteiger partial charge in [-0.1, -0.05) is 0 Å². The molecule has 15 heavy (non-hydrogen) atoms. The number of likely N-dealkylation sites (N-methyl/N-ethyl adjacent to an activating group) is 1. The molecule has 0 aromatic rings. The van der Waals surface area contributed by atoms with Gasteiger partial charge in [-0.05, 0) is 13.8 Å². The summed E-state index contributed by atoms with van der Waals surface area (Å²) in [6.07, 6.45) is 0. The van der Waals surface area contributed by atoms with Crippen LogP contribution in [0, 0.1) is 5.41 Å². The second kappa shape index (κ2) is 4.77. The van der Waals surface area contributed by atoms with Gasteiger partial charge in [0.05, 0.1) is 6.54 Å². The van der Waals surface area contributed by atoms with Crippen LogP contribution in [0.15, 0.2) is 0 Å². The molecule has 0 aliphatic heterocycles. The Hall–Kier alpha value is -1.59. The van der Waals surface area contributed by atoms with Gasteiger partial charge in [-0.15, -0.1) is 0 Å². The molecule has 0 aliphatic rings. The molecule has 0 heterocycles. The summed E-state index contributed by atoms with van der Waals surface area (Å²) in [4.78, 5) is 34.5. The summed E-state index contributed by atoms with van der Waals surface area (Å²) in [6.45, 7) is 2.37. The molecule has 0 saturated heterocycles. The molecule has 6 nitrogen and oxygen atoms in total. The summed E-state index contributed by atoms with van der Waals surface area (Å²) < 4.78 is 0. The normalized spacial score (nSPS) is 10.7. The average Bonchev–Trinajstić information content (AvgIpc) is 2.12. The lowest BCUT2D eigenvalue weighted by molar-refractivity contribution is -0.154. The molecule has 0 atom stereocenters. The molecule has 0 fully saturated rings. The number of carboxylic acid groups (broad SMARTS) is 1. The molecule has 6 heteroatoms. The molecular formula is C9H16N2O4. The predicted molar refractivity (Wildman–Crippen MR) is 53.1 cm³/mol. The highest BCUT2D eigenvalue weighted by atomic mass is 16.4. The Morgan fingerprint density at radius 2 is 1.73 bits per heavy atom. The van der Waals surface area contributed by atoms with Crippen LogP contribution in [0.25, 0.3) is 0 Å². The van der Waals surface area contributed by atoms with Crippen molar-refractivity contribution in [3.8, 4) is 0 Å². The highest BCUT2D eigenvalue weighted by Gasteiger charge is 2.35. The summed E-state index contributed by atoms with van der Waals surface area (Å²) in [7, 11) is 3.10. The van der Waals surface area contributed by atoms with E-state index in [4.69, 9.17) is 5.11 Å². The van der Waals surface area contributed by atoms with Gasteiger partial charge in [0.2, 0.25) is 11.8 Å². The summed E-state index contributed by atoms with van der Waals surface area (Å²) >= 11 is 0. The summed E-state index contributed by atoms with van der Waals surface area (Å²) in [5.41, 5.74) is -1.52. The number of carboxylic acids is 1. The molecule has 0 bridgehead atoms. The van der Waals surface area contributed by atoms with Crippen LogP contribution in [-0.4, -0.2) is 48.4 Å². The van der Waals surface area contributed by atoms with E-state index < -0.39 is 17.3 Å². The molecule has 0 spiro atoms. The van der Waals surface area contributed by atoms with Crippen LogP contribution in [0.4, 0.5) is 0 Å². The van der Waals surface area contributed by atoms with Crippen molar-refractivity contribution in [2.24, 2.45) is 5.41 Å². The molecule has 0 aromatic heterocycles. The molecule has 0 radical (unpaired) electrons. The summed E-state index contributed by atoms with van der Waals surface area (Å²) in [5.74, 6) is -2.19. The number of carbonyl (C=O) groups is 3. The highest BCUT2D eigenvalue weighted by Crippen LogP contribution is 2.14. The smallest absolute Gasteiger partial charge is 0.318 e. The molecule has 0 saturated carbocycles. The number of rotatable bonds is 4. The van der Waals surface area contributed by atoms with Crippen molar-refractivity contribution in [1.29, 1.82) is 0 Å². The van der Waals surface area contributed by atoms with Gasteiger partial charge in [0.25, 0.3) is 0 Å². The fourth-order valence-corrected chi connectivity index (χ4v) is 0.632. The van der Waals surface area contributed by atoms with Gasteiger partial charge in [0, 0.05) is 14.1 Å². The second-order valence-corrected chi connectivity index (χ2v) is 3.90. The maximum atomic E-state index is 11.4. The second-order valence-electron chi connectivity index (χ2n) is 3.90. The monoisotopic (exact) mass is 216 g/mol. The van der Waals surface area contributed by atoms with Gasteiger partial charge in [-0.3, -0.25) is 14.4 Å². The Morgan fingerprint density at radius 1 is 1.27 bits per heavy atom. The minimum absolute atomic E-state index is 0.192. The number of carbonyl (C=O) groups excluding carboxylic acids is 2. The Balaban J connectivity index is 4.28. The predicted octanol–water partition coefficient (Wildman–Crippen LogP) is -0.698. The molecule has 2 amide bonds. The fourth-order valence-electron chi connectivity index (χ4n) is 0.632. The number of hydrogen-bond donors (Lipinski definition) is 2. The first-order valence-corrected chi connectivity index (χ1v) is 4.41. The first kappa shape index (κ1) is 13.4. The van der Waals surface area contributed by atoms with Crippen molar-refractivity contribution in [3.63, 3.8) is 0 Å². The minimum atomic E-state index is -1.52. The van der Waals surface area contributed by atoms with Crippen molar-refractivity contribution >= 4 is 17.8 Å². The molecule has 0 aliphatic carbocycles. The van der Waals surface area contributed by atoms with Crippen molar-refractivity contribution < 1.29 is 19.5 Å². The summed E-state index contributed by atoms with van der Waals surface area (Å²) in [6, 6.07) is 0. The largest absolute Gasteiger partial charge is 0.480 e. The van der Waals surface area contributed by atoms with E-state index in [-0.39, 0.29) is 12.5 Å². The van der Waals surface area contributed by atoms with E-state index >= 15 is 0 Å². The lowest BCUT2D eigenvalue weighted by Crippen LogP contribution is -2.45. The van der Waals surface area contributed by atoms with E-state index in [2.05, 4.69) is 5.32 Å². The number of hydrogen-bond acceptors (Lipinski definition) is 3. The van der Waals surface area contributed by atoms with E-state index in [1.165, 1.54) is 18.7 Å². The Kier molecular flexibility index (Phi) is 4.26. The zero-order chi connectivity index (χ0) is 12.2. The molecule has 86 valence electrons. The average molecular weight is 216 g/mol. The van der Waals surface area contributed by atoms with Crippen LogP contribution in [0.5, 0.6) is 0 Å². The van der Waals surface area contributed by atoms with Gasteiger partial charge >= 0.3 is 5.97 Å². The Morgan fingerprint density at radius 3 is 2.07 bits per heavy atom. The third-order valence-corrected chi connectivity index (χ3v) is 2.00. The van der Waals surface area contributed by atoms with Gasteiger partial charge in [-0.25, -0.2) is 0 Å². The van der Waals surface area contributed by atoms with Crippen molar-refractivity contribution in [2.75, 3.05) is 20.6 Å². The Bertz CT molecular complexity index is 284. The van der Waals surface area contributed by atoms with Gasteiger partial charge in [-0.2, -0.15) is 0 Å². The van der Waals surface area contributed by atoms with E-state index in [9.17, 15) is 14.4 Å². The first-order valence-electron chi connectivity index (χ1n) is 4.41. The van der Waals surface area contributed by atoms with Gasteiger partial charge in [0.15, 0.2) is 0 Å². The molecule has 0 aromatic carbocycles. The van der Waals surface area contributed by atoms with E-state index in [1.807, 2.05) is 0 Å². The zero-order valence-electron chi connectivity index (χ0n) is 9.33. The lowest BCUT2D eigenvalue weighted by Gasteiger charge is -2.19. The number of nitrogens with one attached hydrogen (secondary N) is 1. The number of amides is 2. The maximum absolute atomic E-state index is 11.4. The Labute approximate surface area is 88.2 Å². The van der Waals surface area contributed by atoms with E-state index in [1.54, 1.807) is 14.1 Å². The number of aliphatic carboxylic acids is 1. The van der Waals surface area contributed by atoms with Gasteiger partial charge in [0.1, 0.15) is 5.41 Å². The molecule has 0 unspecified atom stereocenters. The van der Waals surface area contributed by atoms with Gasteiger partial charge < -0.3 is 15.3 Å². The van der Waals surface area contributed by atoms with Crippen LogP contribution in [-0.2, 0) is 14.4 Å². The van der Waals surface area contributed by atoms with Crippen LogP contribution in [0.1, 0.15) is 13.8 Å². The van der Waals surface area contributed by atoms with Crippen LogP contribution in [0.3, 0.4) is 0 Å². The minimum Gasteiger partial charge on any atom is -0.480 e. The standard InChI is InChI=1S/C9H16N2O4/c1-9(2,8(14)15)7(13)10-5-6(12)11(3)4/h5H2,1-4H3,(H,10,13)(H,14,15). The van der Waals surface area contributed by atoms with Crippen molar-refractivity contribution in [2.45, 2.75) is 13.8 Å². The van der Waals surface area contributed by atoms with Crippen LogP contribution in [0.2, 0.25) is 0 Å². The third-order valence-electron chi connectivity index (χ3n) is 2.00. The molecule has 2 N–H and O–H groups in total. The zero-order valence-corrected chi connectivity index (χ0v) is 9.33. The maximum Gasteiger partial charge on any atom is 0.318 e. The number of nitrogens with zero attached hydrogens (tertiary/aromatic N) is 1. The van der Waals surface area contributed by atoms with Crippen molar-refractivity contribution in [3.05, 3.63) is 0 Å². The fraction of sp³-hybridized carbons (Fsp3) is 0.667. The molecular weight excluding hydrogens is 200 g/mol. The van der Waals surface area contributed by atoms with Crippen LogP contribution >= 0.6 is 0 Å². The van der Waals surface area contributed by atoms with E-state index in [0.29, 0.717) is 0 Å². The first-order chi connectivity index (χ1) is 6.69. The lowest BCUT2D eigenvalue weighted by atomic mass is 9.93. The topological polar surface area (TPSA) is 86.7 Å². The molecule has 0 rings (SSSR count). The highest BCUT2D eigenvalue weighted by molar-refractivity contribution is 6.01. The SMILES string of the molecule is CN(C)C(=O)CNC(=O)C(C)(C)C(=O)O. The van der Waals surface area contributed by atoms with Crippen molar-refractivity contribution in [1.82, 2.24) is 10.2 Å². The quantitative estimate of drug-likeness (QED) is 0.608. The van der Waals surface area contributed by atoms with E-state index in [0.717, 1.165) is 0 Å². The van der Waals surface area contributed by atoms with Crippen LogP contribution < -0.4 is 5.32 Å².